The third kappa shape index (κ3) is 5.02. The Kier molecular flexibility index (Phi) is 6.58. The van der Waals surface area contributed by atoms with Crippen LogP contribution in [0.2, 0.25) is 0 Å². The molecule has 0 bridgehead atoms. The topological polar surface area (TPSA) is 27.7 Å². The molecule has 0 fully saturated rings. The van der Waals surface area contributed by atoms with Gasteiger partial charge in [0, 0.05) is 22.1 Å². The Morgan fingerprint density at radius 2 is 1.41 bits per heavy atom. The van der Waals surface area contributed by atoms with E-state index in [9.17, 15) is 0 Å². The van der Waals surface area contributed by atoms with Crippen molar-refractivity contribution in [1.29, 1.82) is 0 Å². The monoisotopic (exact) mass is 402 g/mol. The molecule has 0 unspecified atom stereocenters. The van der Waals surface area contributed by atoms with Crippen molar-refractivity contribution in [2.45, 2.75) is 57.3 Å². The van der Waals surface area contributed by atoms with Crippen molar-refractivity contribution in [2.24, 2.45) is 0 Å². The van der Waals surface area contributed by atoms with Gasteiger partial charge in [0.2, 0.25) is 0 Å². The fourth-order valence-corrected chi connectivity index (χ4v) is 4.28. The lowest BCUT2D eigenvalue weighted by molar-refractivity contribution is 0.352. The van der Waals surface area contributed by atoms with Crippen LogP contribution in [0.5, 0.6) is 17.2 Å². The van der Waals surface area contributed by atoms with E-state index in [1.54, 1.807) is 14.2 Å². The smallest absolute Gasteiger partial charge is 0.351 e. The molecule has 27 heavy (non-hydrogen) atoms. The lowest BCUT2D eigenvalue weighted by Gasteiger charge is -2.32. The fraction of sp³-hybridized carbons (Fsp3) is 0.455. The molecule has 0 heterocycles. The van der Waals surface area contributed by atoms with E-state index in [4.69, 9.17) is 13.9 Å². The first-order valence-electron chi connectivity index (χ1n) is 9.01. The molecule has 2 radical (unpaired) electrons. The molecule has 2 aromatic carbocycles. The predicted molar refractivity (Wildman–Crippen MR) is 117 cm³/mol. The van der Waals surface area contributed by atoms with Crippen LogP contribution in [-0.4, -0.2) is 24.0 Å². The van der Waals surface area contributed by atoms with Crippen molar-refractivity contribution >= 4 is 27.6 Å². The molecule has 2 rings (SSSR count). The summed E-state index contributed by atoms with van der Waals surface area (Å²) >= 11 is 4.42. The minimum absolute atomic E-state index is 0.127. The molecule has 0 saturated heterocycles. The summed E-state index contributed by atoms with van der Waals surface area (Å²) in [5, 5.41) is 1.10. The van der Waals surface area contributed by atoms with Gasteiger partial charge < -0.3 is 13.9 Å². The molecule has 3 nitrogen and oxygen atoms in total. The summed E-state index contributed by atoms with van der Waals surface area (Å²) < 4.78 is 17.9. The van der Waals surface area contributed by atoms with Gasteiger partial charge in [0.15, 0.2) is 0 Å². The number of hydrogen-bond acceptors (Lipinski definition) is 4. The summed E-state index contributed by atoms with van der Waals surface area (Å²) in [4.78, 5) is 0.929. The van der Waals surface area contributed by atoms with Crippen LogP contribution in [0.25, 0.3) is 0 Å². The number of benzene rings is 2. The minimum Gasteiger partial charge on any atom is -0.535 e. The minimum atomic E-state index is -0.150. The van der Waals surface area contributed by atoms with Crippen LogP contribution >= 0.6 is 12.6 Å². The van der Waals surface area contributed by atoms with Gasteiger partial charge in [-0.25, -0.2) is 0 Å². The zero-order valence-corrected chi connectivity index (χ0v) is 19.5. The van der Waals surface area contributed by atoms with E-state index >= 15 is 0 Å². The standard InChI is InChI=1S/C22H30O3SSi/c1-21(2,3)18-16(23-7)13-17(19(20(18)24-8)22(4,5)6)25-27-15-11-9-10-14(26)12-15/h9-13,26H,1-8H3. The second-order valence-electron chi connectivity index (χ2n) is 8.61. The van der Waals surface area contributed by atoms with Gasteiger partial charge in [0.05, 0.1) is 14.2 Å². The van der Waals surface area contributed by atoms with Gasteiger partial charge in [-0.1, -0.05) is 53.7 Å². The summed E-state index contributed by atoms with van der Waals surface area (Å²) in [6.07, 6.45) is 0. The average molecular weight is 403 g/mol. The summed E-state index contributed by atoms with van der Waals surface area (Å²) in [5.41, 5.74) is 1.84. The van der Waals surface area contributed by atoms with Crippen LogP contribution < -0.4 is 19.1 Å². The van der Waals surface area contributed by atoms with E-state index < -0.39 is 0 Å². The SMILES string of the molecule is COc1cc(O[Si]c2cccc(S)c2)c(C(C)(C)C)c(OC)c1C(C)(C)C. The molecule has 146 valence electrons. The molecule has 0 amide bonds. The summed E-state index contributed by atoms with van der Waals surface area (Å²) in [6.45, 7) is 13.0. The highest BCUT2D eigenvalue weighted by Gasteiger charge is 2.33. The number of hydrogen-bond donors (Lipinski definition) is 1. The van der Waals surface area contributed by atoms with Crippen LogP contribution in [0.3, 0.4) is 0 Å². The summed E-state index contributed by atoms with van der Waals surface area (Å²) in [6, 6.07) is 10.0. The normalized spacial score (nSPS) is 12.0. The highest BCUT2D eigenvalue weighted by Crippen LogP contribution is 2.49. The molecular weight excluding hydrogens is 372 g/mol. The first-order valence-corrected chi connectivity index (χ1v) is 10.4. The highest BCUT2D eigenvalue weighted by molar-refractivity contribution is 7.80. The van der Waals surface area contributed by atoms with Gasteiger partial charge in [-0.2, -0.15) is 0 Å². The molecule has 0 atom stereocenters. The van der Waals surface area contributed by atoms with Gasteiger partial charge in [-0.05, 0) is 28.1 Å². The molecule has 0 aliphatic heterocycles. The zero-order valence-electron chi connectivity index (χ0n) is 17.6. The van der Waals surface area contributed by atoms with Crippen molar-refractivity contribution in [3.8, 4) is 17.2 Å². The van der Waals surface area contributed by atoms with E-state index in [-0.39, 0.29) is 20.6 Å². The Hall–Kier alpha value is -1.59. The molecule has 0 N–H and O–H groups in total. The Balaban J connectivity index is 2.62. The molecule has 0 aromatic heterocycles. The van der Waals surface area contributed by atoms with Gasteiger partial charge in [0.25, 0.3) is 0 Å². The van der Waals surface area contributed by atoms with E-state index in [1.807, 2.05) is 30.3 Å². The Labute approximate surface area is 171 Å². The number of ether oxygens (including phenoxy) is 2. The molecule has 0 spiro atoms. The van der Waals surface area contributed by atoms with Gasteiger partial charge in [-0.3, -0.25) is 0 Å². The number of thiol groups is 1. The highest BCUT2D eigenvalue weighted by atomic mass is 32.1. The van der Waals surface area contributed by atoms with Gasteiger partial charge in [-0.15, -0.1) is 12.6 Å². The first kappa shape index (κ1) is 21.7. The van der Waals surface area contributed by atoms with E-state index in [1.165, 1.54) is 0 Å². The largest absolute Gasteiger partial charge is 0.535 e. The maximum absolute atomic E-state index is 6.29. The summed E-state index contributed by atoms with van der Waals surface area (Å²) in [5.74, 6) is 2.43. The van der Waals surface area contributed by atoms with Crippen molar-refractivity contribution in [3.63, 3.8) is 0 Å². The number of methoxy groups -OCH3 is 2. The first-order chi connectivity index (χ1) is 12.5. The lowest BCUT2D eigenvalue weighted by Crippen LogP contribution is -2.25. The molecular formula is C22H30O3SSi. The van der Waals surface area contributed by atoms with Crippen LogP contribution in [0.1, 0.15) is 52.7 Å². The van der Waals surface area contributed by atoms with E-state index in [0.29, 0.717) is 0 Å². The third-order valence-corrected chi connectivity index (χ3v) is 5.40. The lowest BCUT2D eigenvalue weighted by atomic mass is 9.78. The quantitative estimate of drug-likeness (QED) is 0.569. The molecule has 5 heteroatoms. The number of rotatable bonds is 5. The predicted octanol–water partition coefficient (Wildman–Crippen LogP) is 4.91. The zero-order chi connectivity index (χ0) is 20.4. The van der Waals surface area contributed by atoms with Crippen LogP contribution in [0.15, 0.2) is 35.2 Å². The van der Waals surface area contributed by atoms with E-state index in [2.05, 4.69) is 54.2 Å². The molecule has 0 aliphatic rings. The Bertz CT molecular complexity index is 804. The molecule has 2 aromatic rings. The van der Waals surface area contributed by atoms with Crippen molar-refractivity contribution in [2.75, 3.05) is 14.2 Å². The van der Waals surface area contributed by atoms with Crippen LogP contribution in [-0.2, 0) is 10.8 Å². The van der Waals surface area contributed by atoms with Crippen molar-refractivity contribution in [1.82, 2.24) is 0 Å². The average Bonchev–Trinajstić information content (AvgIpc) is 2.56. The Morgan fingerprint density at radius 3 is 1.89 bits per heavy atom. The van der Waals surface area contributed by atoms with Crippen molar-refractivity contribution < 1.29 is 13.9 Å². The molecule has 0 saturated carbocycles. The summed E-state index contributed by atoms with van der Waals surface area (Å²) in [7, 11) is 3.58. The van der Waals surface area contributed by atoms with Crippen LogP contribution in [0, 0.1) is 0 Å². The fourth-order valence-electron chi connectivity index (χ4n) is 3.16. The molecule has 0 aliphatic carbocycles. The second-order valence-corrected chi connectivity index (χ2v) is 10.1. The van der Waals surface area contributed by atoms with Gasteiger partial charge >= 0.3 is 9.76 Å². The maximum atomic E-state index is 6.29. The second kappa shape index (κ2) is 8.19. The van der Waals surface area contributed by atoms with E-state index in [0.717, 1.165) is 38.5 Å². The van der Waals surface area contributed by atoms with Crippen molar-refractivity contribution in [3.05, 3.63) is 41.5 Å². The van der Waals surface area contributed by atoms with Gasteiger partial charge in [0.1, 0.15) is 17.2 Å². The third-order valence-electron chi connectivity index (χ3n) is 4.26. The van der Waals surface area contributed by atoms with Crippen LogP contribution in [0.4, 0.5) is 0 Å². The maximum Gasteiger partial charge on any atom is 0.351 e. The Morgan fingerprint density at radius 1 is 0.815 bits per heavy atom.